The molecule has 2 fully saturated rings. The predicted molar refractivity (Wildman–Crippen MR) is 80.3 cm³/mol. The summed E-state index contributed by atoms with van der Waals surface area (Å²) in [5, 5.41) is 0. The van der Waals surface area contributed by atoms with Crippen LogP contribution in [0.5, 0.6) is 0 Å². The van der Waals surface area contributed by atoms with Crippen LogP contribution in [0.15, 0.2) is 24.3 Å². The first-order valence-corrected chi connectivity index (χ1v) is 7.99. The topological polar surface area (TPSA) is 23.6 Å². The van der Waals surface area contributed by atoms with Crippen LogP contribution in [0.1, 0.15) is 37.7 Å². The summed E-state index contributed by atoms with van der Waals surface area (Å²) < 4.78 is 13.8. The van der Waals surface area contributed by atoms with E-state index in [1.54, 1.807) is 6.07 Å². The molecular weight excluding hydrogens is 267 g/mol. The summed E-state index contributed by atoms with van der Waals surface area (Å²) in [7, 11) is 0. The van der Waals surface area contributed by atoms with E-state index in [2.05, 4.69) is 4.90 Å². The lowest BCUT2D eigenvalue weighted by atomic mass is 10.0. The highest BCUT2D eigenvalue weighted by atomic mass is 19.1. The third-order valence-electron chi connectivity index (χ3n) is 4.68. The Morgan fingerprint density at radius 3 is 2.76 bits per heavy atom. The minimum atomic E-state index is -0.126. The lowest BCUT2D eigenvalue weighted by Crippen LogP contribution is -2.46. The summed E-state index contributed by atoms with van der Waals surface area (Å²) >= 11 is 0. The van der Waals surface area contributed by atoms with Crippen LogP contribution in [0.25, 0.3) is 0 Å². The van der Waals surface area contributed by atoms with Crippen molar-refractivity contribution in [2.75, 3.05) is 19.6 Å². The Morgan fingerprint density at radius 1 is 1.14 bits per heavy atom. The fourth-order valence-electron chi connectivity index (χ4n) is 3.47. The van der Waals surface area contributed by atoms with Gasteiger partial charge in [0.25, 0.3) is 0 Å². The Balaban J connectivity index is 1.66. The van der Waals surface area contributed by atoms with Crippen LogP contribution in [0.4, 0.5) is 4.39 Å². The number of carbonyl (C=O) groups is 1. The van der Waals surface area contributed by atoms with Crippen molar-refractivity contribution in [1.29, 1.82) is 0 Å². The van der Waals surface area contributed by atoms with Gasteiger partial charge < -0.3 is 4.90 Å². The van der Waals surface area contributed by atoms with Crippen LogP contribution < -0.4 is 0 Å². The number of benzene rings is 1. The summed E-state index contributed by atoms with van der Waals surface area (Å²) in [4.78, 5) is 16.2. The molecule has 0 N–H and O–H groups in total. The maximum absolute atomic E-state index is 13.8. The molecule has 114 valence electrons. The number of halogens is 1. The highest BCUT2D eigenvalue weighted by Crippen LogP contribution is 2.23. The van der Waals surface area contributed by atoms with Gasteiger partial charge in [0.2, 0.25) is 5.91 Å². The van der Waals surface area contributed by atoms with Gasteiger partial charge in [-0.05, 0) is 31.9 Å². The fourth-order valence-corrected chi connectivity index (χ4v) is 3.47. The van der Waals surface area contributed by atoms with Crippen molar-refractivity contribution in [2.45, 2.75) is 44.7 Å². The number of hydrogen-bond donors (Lipinski definition) is 0. The molecule has 0 aromatic heterocycles. The second-order valence-electron chi connectivity index (χ2n) is 6.15. The molecule has 3 nitrogen and oxygen atoms in total. The van der Waals surface area contributed by atoms with Gasteiger partial charge in [-0.2, -0.15) is 0 Å². The molecule has 0 saturated carbocycles. The quantitative estimate of drug-likeness (QED) is 0.851. The molecule has 1 aromatic rings. The number of rotatable bonds is 4. The first-order chi connectivity index (χ1) is 10.2. The Kier molecular flexibility index (Phi) is 4.54. The van der Waals surface area contributed by atoms with Gasteiger partial charge in [-0.3, -0.25) is 9.69 Å². The second kappa shape index (κ2) is 6.56. The van der Waals surface area contributed by atoms with Crippen LogP contribution in [-0.2, 0) is 11.3 Å². The molecule has 0 unspecified atom stereocenters. The van der Waals surface area contributed by atoms with Gasteiger partial charge in [0.1, 0.15) is 5.82 Å². The van der Waals surface area contributed by atoms with E-state index in [0.29, 0.717) is 19.0 Å². The molecule has 0 bridgehead atoms. The molecule has 0 aliphatic carbocycles. The maximum atomic E-state index is 13.8. The molecule has 1 atom stereocenters. The summed E-state index contributed by atoms with van der Waals surface area (Å²) in [6.07, 6.45) is 5.16. The molecule has 21 heavy (non-hydrogen) atoms. The number of nitrogens with zero attached hydrogens (tertiary/aromatic N) is 2. The van der Waals surface area contributed by atoms with Gasteiger partial charge in [-0.15, -0.1) is 0 Å². The average Bonchev–Trinajstić information content (AvgIpc) is 2.89. The van der Waals surface area contributed by atoms with Crippen molar-refractivity contribution in [3.05, 3.63) is 35.6 Å². The first kappa shape index (κ1) is 14.5. The van der Waals surface area contributed by atoms with Crippen molar-refractivity contribution in [2.24, 2.45) is 0 Å². The Hall–Kier alpha value is -1.42. The van der Waals surface area contributed by atoms with Gasteiger partial charge >= 0.3 is 0 Å². The van der Waals surface area contributed by atoms with E-state index >= 15 is 0 Å². The average molecular weight is 290 g/mol. The lowest BCUT2D eigenvalue weighted by molar-refractivity contribution is -0.128. The molecule has 0 spiro atoms. The predicted octanol–water partition coefficient (Wildman–Crippen LogP) is 2.80. The van der Waals surface area contributed by atoms with Crippen LogP contribution >= 0.6 is 0 Å². The molecule has 2 saturated heterocycles. The van der Waals surface area contributed by atoms with Crippen LogP contribution in [0.3, 0.4) is 0 Å². The third kappa shape index (κ3) is 3.43. The van der Waals surface area contributed by atoms with Gasteiger partial charge in [0.05, 0.1) is 0 Å². The SMILES string of the molecule is O=C1CCCN1C[C@@H]1CCCCN1Cc1ccccc1F. The zero-order valence-electron chi connectivity index (χ0n) is 12.4. The van der Waals surface area contributed by atoms with Crippen LogP contribution in [-0.4, -0.2) is 41.4 Å². The van der Waals surface area contributed by atoms with E-state index in [9.17, 15) is 9.18 Å². The molecule has 2 aliphatic heterocycles. The van der Waals surface area contributed by atoms with E-state index in [0.717, 1.165) is 38.0 Å². The normalized spacial score (nSPS) is 23.8. The van der Waals surface area contributed by atoms with Gasteiger partial charge in [0.15, 0.2) is 0 Å². The molecule has 1 amide bonds. The smallest absolute Gasteiger partial charge is 0.222 e. The highest BCUT2D eigenvalue weighted by molar-refractivity contribution is 5.78. The van der Waals surface area contributed by atoms with Crippen molar-refractivity contribution in [1.82, 2.24) is 9.80 Å². The highest BCUT2D eigenvalue weighted by Gasteiger charge is 2.28. The molecule has 4 heteroatoms. The van der Waals surface area contributed by atoms with Crippen LogP contribution in [0.2, 0.25) is 0 Å². The molecular formula is C17H23FN2O. The molecule has 3 rings (SSSR count). The minimum absolute atomic E-state index is 0.126. The zero-order chi connectivity index (χ0) is 14.7. The van der Waals surface area contributed by atoms with E-state index in [1.807, 2.05) is 17.0 Å². The van der Waals surface area contributed by atoms with E-state index < -0.39 is 0 Å². The van der Waals surface area contributed by atoms with Crippen molar-refractivity contribution >= 4 is 5.91 Å². The van der Waals surface area contributed by atoms with E-state index in [1.165, 1.54) is 18.9 Å². The van der Waals surface area contributed by atoms with Crippen molar-refractivity contribution in [3.8, 4) is 0 Å². The number of likely N-dealkylation sites (tertiary alicyclic amines) is 2. The van der Waals surface area contributed by atoms with Gasteiger partial charge in [-0.1, -0.05) is 24.6 Å². The summed E-state index contributed by atoms with van der Waals surface area (Å²) in [6, 6.07) is 7.39. The van der Waals surface area contributed by atoms with Crippen molar-refractivity contribution in [3.63, 3.8) is 0 Å². The molecule has 1 aromatic carbocycles. The Morgan fingerprint density at radius 2 is 2.00 bits per heavy atom. The molecule has 2 aliphatic rings. The van der Waals surface area contributed by atoms with E-state index in [4.69, 9.17) is 0 Å². The summed E-state index contributed by atoms with van der Waals surface area (Å²) in [6.45, 7) is 3.36. The van der Waals surface area contributed by atoms with Gasteiger partial charge in [-0.25, -0.2) is 4.39 Å². The standard InChI is InChI=1S/C17H23FN2O/c18-16-8-2-1-6-14(16)12-19-10-4-3-7-15(19)13-20-11-5-9-17(20)21/h1-2,6,8,15H,3-5,7,9-13H2/t15-/m0/s1. The molecule has 0 radical (unpaired) electrons. The fraction of sp³-hybridized carbons (Fsp3) is 0.588. The monoisotopic (exact) mass is 290 g/mol. The number of piperidine rings is 1. The summed E-state index contributed by atoms with van der Waals surface area (Å²) in [5.74, 6) is 0.158. The lowest BCUT2D eigenvalue weighted by Gasteiger charge is -2.38. The molecule has 2 heterocycles. The first-order valence-electron chi connectivity index (χ1n) is 7.99. The minimum Gasteiger partial charge on any atom is -0.341 e. The number of carbonyl (C=O) groups excluding carboxylic acids is 1. The largest absolute Gasteiger partial charge is 0.341 e. The second-order valence-corrected chi connectivity index (χ2v) is 6.15. The van der Waals surface area contributed by atoms with E-state index in [-0.39, 0.29) is 11.7 Å². The third-order valence-corrected chi connectivity index (χ3v) is 4.68. The van der Waals surface area contributed by atoms with Crippen molar-refractivity contribution < 1.29 is 9.18 Å². The van der Waals surface area contributed by atoms with Crippen LogP contribution in [0, 0.1) is 5.82 Å². The number of amides is 1. The Bertz CT molecular complexity index is 505. The van der Waals surface area contributed by atoms with Gasteiger partial charge in [0, 0.05) is 37.7 Å². The zero-order valence-corrected chi connectivity index (χ0v) is 12.4. The number of hydrogen-bond acceptors (Lipinski definition) is 2. The summed E-state index contributed by atoms with van der Waals surface area (Å²) in [5.41, 5.74) is 0.761. The Labute approximate surface area is 125 Å². The maximum Gasteiger partial charge on any atom is 0.222 e.